The molecule has 0 unspecified atom stereocenters. The standard InChI is InChI=1S/C13H11Br2ClN2/c1-18(8-9-2-4-10(14)5-3-9)13-12(15)6-11(16)7-17-13/h2-7H,8H2,1H3. The van der Waals surface area contributed by atoms with Gasteiger partial charge in [0.25, 0.3) is 0 Å². The smallest absolute Gasteiger partial charge is 0.143 e. The van der Waals surface area contributed by atoms with Gasteiger partial charge in [-0.15, -0.1) is 0 Å². The van der Waals surface area contributed by atoms with Crippen LogP contribution < -0.4 is 4.90 Å². The quantitative estimate of drug-likeness (QED) is 0.741. The van der Waals surface area contributed by atoms with Crippen LogP contribution in [0.3, 0.4) is 0 Å². The van der Waals surface area contributed by atoms with E-state index in [9.17, 15) is 0 Å². The van der Waals surface area contributed by atoms with Crippen LogP contribution in [0.25, 0.3) is 0 Å². The van der Waals surface area contributed by atoms with Crippen LogP contribution in [0.4, 0.5) is 5.82 Å². The highest BCUT2D eigenvalue weighted by atomic mass is 79.9. The Hall–Kier alpha value is -0.580. The zero-order valence-corrected chi connectivity index (χ0v) is 13.6. The lowest BCUT2D eigenvalue weighted by molar-refractivity contribution is 0.894. The van der Waals surface area contributed by atoms with Crippen LogP contribution in [0, 0.1) is 0 Å². The van der Waals surface area contributed by atoms with E-state index in [0.29, 0.717) is 5.02 Å². The molecule has 0 aliphatic carbocycles. The molecule has 2 nitrogen and oxygen atoms in total. The summed E-state index contributed by atoms with van der Waals surface area (Å²) in [5.41, 5.74) is 1.23. The molecule has 94 valence electrons. The Balaban J connectivity index is 2.16. The first kappa shape index (κ1) is 13.8. The van der Waals surface area contributed by atoms with Gasteiger partial charge in [0.1, 0.15) is 5.82 Å². The molecule has 0 aliphatic rings. The summed E-state index contributed by atoms with van der Waals surface area (Å²) in [5, 5.41) is 0.627. The number of halogens is 3. The third-order valence-corrected chi connectivity index (χ3v) is 3.80. The molecule has 0 fully saturated rings. The Morgan fingerprint density at radius 3 is 2.50 bits per heavy atom. The van der Waals surface area contributed by atoms with E-state index in [1.54, 1.807) is 6.20 Å². The molecule has 1 aromatic heterocycles. The molecular formula is C13H11Br2ClN2. The monoisotopic (exact) mass is 388 g/mol. The molecule has 2 rings (SSSR count). The van der Waals surface area contributed by atoms with Gasteiger partial charge in [-0.25, -0.2) is 4.98 Å². The molecule has 2 aromatic rings. The number of hydrogen-bond donors (Lipinski definition) is 0. The Labute approximate surface area is 128 Å². The van der Waals surface area contributed by atoms with Gasteiger partial charge in [-0.3, -0.25) is 0 Å². The molecule has 0 N–H and O–H groups in total. The molecule has 18 heavy (non-hydrogen) atoms. The van der Waals surface area contributed by atoms with Gasteiger partial charge in [0, 0.05) is 24.3 Å². The van der Waals surface area contributed by atoms with E-state index in [2.05, 4.69) is 53.9 Å². The van der Waals surface area contributed by atoms with Crippen LogP contribution in [0.5, 0.6) is 0 Å². The van der Waals surface area contributed by atoms with Crippen molar-refractivity contribution in [2.24, 2.45) is 0 Å². The third-order valence-electron chi connectivity index (χ3n) is 2.48. The maximum Gasteiger partial charge on any atom is 0.143 e. The van der Waals surface area contributed by atoms with E-state index in [1.807, 2.05) is 25.2 Å². The van der Waals surface area contributed by atoms with E-state index in [4.69, 9.17) is 11.6 Å². The minimum atomic E-state index is 0.627. The van der Waals surface area contributed by atoms with Gasteiger partial charge in [0.05, 0.1) is 9.50 Å². The average molecular weight is 391 g/mol. The second kappa shape index (κ2) is 6.04. The summed E-state index contributed by atoms with van der Waals surface area (Å²) in [6.07, 6.45) is 1.65. The minimum Gasteiger partial charge on any atom is -0.354 e. The summed E-state index contributed by atoms with van der Waals surface area (Å²) in [6.45, 7) is 0.792. The summed E-state index contributed by atoms with van der Waals surface area (Å²) < 4.78 is 1.98. The van der Waals surface area contributed by atoms with Crippen molar-refractivity contribution in [2.45, 2.75) is 6.54 Å². The fourth-order valence-electron chi connectivity index (χ4n) is 1.63. The Kier molecular flexibility index (Phi) is 4.65. The maximum absolute atomic E-state index is 5.88. The van der Waals surface area contributed by atoms with E-state index in [1.165, 1.54) is 5.56 Å². The third kappa shape index (κ3) is 3.46. The first-order chi connectivity index (χ1) is 8.56. The van der Waals surface area contributed by atoms with E-state index < -0.39 is 0 Å². The fraction of sp³-hybridized carbons (Fsp3) is 0.154. The predicted octanol–water partition coefficient (Wildman–Crippen LogP) is 4.90. The molecular weight excluding hydrogens is 379 g/mol. The molecule has 0 saturated heterocycles. The van der Waals surface area contributed by atoms with Gasteiger partial charge in [0.15, 0.2) is 0 Å². The molecule has 0 bridgehead atoms. The van der Waals surface area contributed by atoms with Crippen LogP contribution in [0.1, 0.15) is 5.56 Å². The first-order valence-electron chi connectivity index (χ1n) is 5.33. The van der Waals surface area contributed by atoms with Crippen molar-refractivity contribution < 1.29 is 0 Å². The summed E-state index contributed by atoms with van der Waals surface area (Å²) in [7, 11) is 2.00. The Morgan fingerprint density at radius 2 is 1.89 bits per heavy atom. The van der Waals surface area contributed by atoms with E-state index in [-0.39, 0.29) is 0 Å². The van der Waals surface area contributed by atoms with Gasteiger partial charge in [-0.2, -0.15) is 0 Å². The van der Waals surface area contributed by atoms with Crippen molar-refractivity contribution in [3.63, 3.8) is 0 Å². The summed E-state index contributed by atoms with van der Waals surface area (Å²) in [5.74, 6) is 0.877. The lowest BCUT2D eigenvalue weighted by atomic mass is 10.2. The van der Waals surface area contributed by atoms with Crippen molar-refractivity contribution in [2.75, 3.05) is 11.9 Å². The highest BCUT2D eigenvalue weighted by molar-refractivity contribution is 9.10. The lowest BCUT2D eigenvalue weighted by Crippen LogP contribution is -2.18. The molecule has 0 aliphatic heterocycles. The number of aromatic nitrogens is 1. The Morgan fingerprint density at radius 1 is 1.22 bits per heavy atom. The number of pyridine rings is 1. The van der Waals surface area contributed by atoms with Crippen molar-refractivity contribution >= 4 is 49.3 Å². The summed E-state index contributed by atoms with van der Waals surface area (Å²) in [6, 6.07) is 10.1. The van der Waals surface area contributed by atoms with Crippen LogP contribution in [-0.2, 0) is 6.54 Å². The molecule has 0 spiro atoms. The van der Waals surface area contributed by atoms with Gasteiger partial charge < -0.3 is 4.90 Å². The molecule has 5 heteroatoms. The van der Waals surface area contributed by atoms with E-state index >= 15 is 0 Å². The van der Waals surface area contributed by atoms with Crippen molar-refractivity contribution in [3.05, 3.63) is 56.1 Å². The van der Waals surface area contributed by atoms with Crippen LogP contribution >= 0.6 is 43.5 Å². The zero-order valence-electron chi connectivity index (χ0n) is 9.70. The molecule has 0 amide bonds. The molecule has 0 atom stereocenters. The fourth-order valence-corrected chi connectivity index (χ4v) is 2.83. The Bertz CT molecular complexity index is 543. The summed E-state index contributed by atoms with van der Waals surface area (Å²) >= 11 is 12.8. The molecule has 1 heterocycles. The zero-order chi connectivity index (χ0) is 13.1. The highest BCUT2D eigenvalue weighted by Gasteiger charge is 2.08. The largest absolute Gasteiger partial charge is 0.354 e. The van der Waals surface area contributed by atoms with Gasteiger partial charge in [0.2, 0.25) is 0 Å². The van der Waals surface area contributed by atoms with Gasteiger partial charge >= 0.3 is 0 Å². The SMILES string of the molecule is CN(Cc1ccc(Br)cc1)c1ncc(Cl)cc1Br. The van der Waals surface area contributed by atoms with Crippen molar-refractivity contribution in [1.29, 1.82) is 0 Å². The first-order valence-corrected chi connectivity index (χ1v) is 7.29. The van der Waals surface area contributed by atoms with E-state index in [0.717, 1.165) is 21.3 Å². The normalized spacial score (nSPS) is 10.4. The molecule has 0 saturated carbocycles. The lowest BCUT2D eigenvalue weighted by Gasteiger charge is -2.19. The number of rotatable bonds is 3. The number of hydrogen-bond acceptors (Lipinski definition) is 2. The predicted molar refractivity (Wildman–Crippen MR) is 83.2 cm³/mol. The summed E-state index contributed by atoms with van der Waals surface area (Å²) in [4.78, 5) is 6.40. The number of nitrogens with zero attached hydrogens (tertiary/aromatic N) is 2. The molecule has 0 radical (unpaired) electrons. The van der Waals surface area contributed by atoms with Crippen LogP contribution in [0.15, 0.2) is 45.5 Å². The second-order valence-electron chi connectivity index (χ2n) is 3.94. The second-order valence-corrected chi connectivity index (χ2v) is 6.15. The highest BCUT2D eigenvalue weighted by Crippen LogP contribution is 2.26. The van der Waals surface area contributed by atoms with Crippen molar-refractivity contribution in [3.8, 4) is 0 Å². The molecule has 1 aromatic carbocycles. The van der Waals surface area contributed by atoms with Crippen molar-refractivity contribution in [1.82, 2.24) is 4.98 Å². The minimum absolute atomic E-state index is 0.627. The van der Waals surface area contributed by atoms with Gasteiger partial charge in [-0.1, -0.05) is 39.7 Å². The van der Waals surface area contributed by atoms with Crippen LogP contribution in [-0.4, -0.2) is 12.0 Å². The number of benzene rings is 1. The number of anilines is 1. The topological polar surface area (TPSA) is 16.1 Å². The van der Waals surface area contributed by atoms with Crippen LogP contribution in [0.2, 0.25) is 5.02 Å². The maximum atomic E-state index is 5.88. The average Bonchev–Trinajstić information content (AvgIpc) is 2.32. The van der Waals surface area contributed by atoms with Gasteiger partial charge in [-0.05, 0) is 39.7 Å².